The number of hydrogen-bond acceptors (Lipinski definition) is 1. The van der Waals surface area contributed by atoms with Crippen LogP contribution in [0.25, 0.3) is 43.8 Å². The van der Waals surface area contributed by atoms with E-state index in [4.69, 9.17) is 0 Å². The second kappa shape index (κ2) is 12.1. The monoisotopic (exact) mass is 579 g/mol. The quantitative estimate of drug-likeness (QED) is 0.189. The highest BCUT2D eigenvalue weighted by Gasteiger charge is 2.22. The van der Waals surface area contributed by atoms with Crippen LogP contribution in [0, 0.1) is 0 Å². The summed E-state index contributed by atoms with van der Waals surface area (Å²) in [6.45, 7) is 0. The van der Waals surface area contributed by atoms with Gasteiger partial charge >= 0.3 is 0 Å². The molecule has 0 radical (unpaired) electrons. The summed E-state index contributed by atoms with van der Waals surface area (Å²) in [5.74, 6) is 0.623. The maximum Gasteiger partial charge on any atom is 0.0540 e. The molecule has 0 saturated heterocycles. The molecule has 1 fully saturated rings. The van der Waals surface area contributed by atoms with E-state index >= 15 is 0 Å². The summed E-state index contributed by atoms with van der Waals surface area (Å²) in [4.78, 5) is 2.44. The van der Waals surface area contributed by atoms with E-state index < -0.39 is 0 Å². The molecule has 0 atom stereocenters. The van der Waals surface area contributed by atoms with Gasteiger partial charge in [-0.05, 0) is 92.9 Å². The third kappa shape index (κ3) is 5.19. The van der Waals surface area contributed by atoms with E-state index in [-0.39, 0.29) is 0 Å². The highest BCUT2D eigenvalue weighted by atomic mass is 15.1. The average molecular weight is 580 g/mol. The normalized spacial score (nSPS) is 13.7. The Bertz CT molecular complexity index is 2090. The molecule has 218 valence electrons. The highest BCUT2D eigenvalue weighted by molar-refractivity contribution is 6.04. The van der Waals surface area contributed by atoms with E-state index in [0.29, 0.717) is 5.92 Å². The topological polar surface area (TPSA) is 3.24 Å². The van der Waals surface area contributed by atoms with Gasteiger partial charge in [-0.3, -0.25) is 0 Å². The van der Waals surface area contributed by atoms with Crippen molar-refractivity contribution in [2.24, 2.45) is 0 Å². The molecule has 0 bridgehead atoms. The molecule has 0 amide bonds. The van der Waals surface area contributed by atoms with Gasteiger partial charge in [0.05, 0.1) is 5.69 Å². The fraction of sp³-hybridized carbons (Fsp3) is 0.136. The van der Waals surface area contributed by atoms with Crippen LogP contribution < -0.4 is 4.90 Å². The van der Waals surface area contributed by atoms with Crippen LogP contribution in [-0.2, 0) is 0 Å². The van der Waals surface area contributed by atoms with Gasteiger partial charge in [0.15, 0.2) is 0 Å². The highest BCUT2D eigenvalue weighted by Crippen LogP contribution is 2.46. The zero-order valence-corrected chi connectivity index (χ0v) is 25.6. The molecule has 0 spiro atoms. The minimum atomic E-state index is 0.623. The Morgan fingerprint density at radius 1 is 0.444 bits per heavy atom. The fourth-order valence-electron chi connectivity index (χ4n) is 7.54. The van der Waals surface area contributed by atoms with Crippen LogP contribution in [-0.4, -0.2) is 0 Å². The first kappa shape index (κ1) is 27.4. The molecule has 7 aromatic rings. The molecule has 1 saturated carbocycles. The summed E-state index contributed by atoms with van der Waals surface area (Å²) in [6.07, 6.45) is 6.59. The molecule has 45 heavy (non-hydrogen) atoms. The van der Waals surface area contributed by atoms with Crippen molar-refractivity contribution in [1.29, 1.82) is 0 Å². The van der Waals surface area contributed by atoms with Crippen LogP contribution in [0.15, 0.2) is 158 Å². The molecule has 8 rings (SSSR count). The first-order valence-corrected chi connectivity index (χ1v) is 16.4. The van der Waals surface area contributed by atoms with Gasteiger partial charge in [0, 0.05) is 16.9 Å². The van der Waals surface area contributed by atoms with Gasteiger partial charge in [0.2, 0.25) is 0 Å². The molecule has 0 unspecified atom stereocenters. The number of para-hydroxylation sites is 2. The van der Waals surface area contributed by atoms with E-state index in [0.717, 1.165) is 11.4 Å². The van der Waals surface area contributed by atoms with E-state index in [1.54, 1.807) is 0 Å². The number of fused-ring (bicyclic) bond motifs is 2. The standard InChI is InChI=1S/C44H37N/c1-3-15-33(16-4-1)40-28-13-19-34-20-14-29-42(44(34)40)41-26-9-10-30-43(41)45(36-22-5-2-6-23-36)37-24-11-21-35(31-37)39-27-12-18-32-17-7-8-25-38(32)39/h2,5-14,17-31,33H,1,3-4,15-16H2. The van der Waals surface area contributed by atoms with E-state index in [9.17, 15) is 0 Å². The van der Waals surface area contributed by atoms with Crippen LogP contribution in [0.2, 0.25) is 0 Å². The van der Waals surface area contributed by atoms with Crippen LogP contribution in [0.3, 0.4) is 0 Å². The maximum atomic E-state index is 2.44. The molecule has 0 aliphatic heterocycles. The number of hydrogen-bond donors (Lipinski definition) is 0. The van der Waals surface area contributed by atoms with Crippen LogP contribution in [0.4, 0.5) is 17.1 Å². The van der Waals surface area contributed by atoms with Crippen LogP contribution >= 0.6 is 0 Å². The SMILES string of the molecule is c1ccc(N(c2cccc(-c3cccc4ccccc34)c2)c2ccccc2-c2cccc3cccc(C4CCCCC4)c23)cc1. The lowest BCUT2D eigenvalue weighted by molar-refractivity contribution is 0.445. The van der Waals surface area contributed by atoms with Crippen molar-refractivity contribution in [3.8, 4) is 22.3 Å². The Hall–Kier alpha value is -5.14. The minimum Gasteiger partial charge on any atom is -0.310 e. The van der Waals surface area contributed by atoms with E-state index in [1.165, 1.54) is 87.2 Å². The molecule has 0 N–H and O–H groups in total. The van der Waals surface area contributed by atoms with Crippen molar-refractivity contribution in [3.63, 3.8) is 0 Å². The van der Waals surface area contributed by atoms with Gasteiger partial charge in [-0.2, -0.15) is 0 Å². The summed E-state index contributed by atoms with van der Waals surface area (Å²) in [5.41, 5.74) is 10.0. The number of rotatable bonds is 6. The fourth-order valence-corrected chi connectivity index (χ4v) is 7.54. The smallest absolute Gasteiger partial charge is 0.0540 e. The lowest BCUT2D eigenvalue weighted by atomic mass is 9.80. The summed E-state index contributed by atoms with van der Waals surface area (Å²) in [7, 11) is 0. The summed E-state index contributed by atoms with van der Waals surface area (Å²) in [6, 6.07) is 57.9. The second-order valence-corrected chi connectivity index (χ2v) is 12.4. The van der Waals surface area contributed by atoms with E-state index in [1.807, 2.05) is 0 Å². The van der Waals surface area contributed by atoms with Gasteiger partial charge < -0.3 is 4.90 Å². The summed E-state index contributed by atoms with van der Waals surface area (Å²) < 4.78 is 0. The van der Waals surface area contributed by atoms with Crippen molar-refractivity contribution in [1.82, 2.24) is 0 Å². The Morgan fingerprint density at radius 3 is 1.93 bits per heavy atom. The summed E-state index contributed by atoms with van der Waals surface area (Å²) >= 11 is 0. The number of anilines is 3. The van der Waals surface area contributed by atoms with Crippen molar-refractivity contribution >= 4 is 38.6 Å². The minimum absolute atomic E-state index is 0.623. The number of benzene rings is 7. The third-order valence-electron chi connectivity index (χ3n) is 9.64. The number of nitrogens with zero attached hydrogens (tertiary/aromatic N) is 1. The molecular weight excluding hydrogens is 542 g/mol. The molecular formula is C44H37N. The first-order chi connectivity index (χ1) is 22.3. The van der Waals surface area contributed by atoms with Crippen molar-refractivity contribution in [3.05, 3.63) is 163 Å². The Balaban J connectivity index is 1.33. The molecule has 1 nitrogen and oxygen atoms in total. The van der Waals surface area contributed by atoms with Gasteiger partial charge in [0.1, 0.15) is 0 Å². The maximum absolute atomic E-state index is 2.44. The molecule has 1 aliphatic carbocycles. The second-order valence-electron chi connectivity index (χ2n) is 12.4. The van der Waals surface area contributed by atoms with Crippen molar-refractivity contribution in [2.45, 2.75) is 38.0 Å². The van der Waals surface area contributed by atoms with Crippen LogP contribution in [0.5, 0.6) is 0 Å². The molecule has 0 heterocycles. The molecule has 1 aliphatic rings. The predicted molar refractivity (Wildman–Crippen MR) is 193 cm³/mol. The first-order valence-electron chi connectivity index (χ1n) is 16.4. The Morgan fingerprint density at radius 2 is 1.07 bits per heavy atom. The van der Waals surface area contributed by atoms with Gasteiger partial charge in [0.25, 0.3) is 0 Å². The molecule has 0 aromatic heterocycles. The lowest BCUT2D eigenvalue weighted by Gasteiger charge is -2.29. The molecule has 1 heteroatoms. The average Bonchev–Trinajstić information content (AvgIpc) is 3.12. The van der Waals surface area contributed by atoms with Crippen molar-refractivity contribution < 1.29 is 0 Å². The third-order valence-corrected chi connectivity index (χ3v) is 9.64. The zero-order valence-electron chi connectivity index (χ0n) is 25.6. The largest absolute Gasteiger partial charge is 0.310 e. The predicted octanol–water partition coefficient (Wildman–Crippen LogP) is 12.8. The van der Waals surface area contributed by atoms with Gasteiger partial charge in [-0.1, -0.05) is 147 Å². The van der Waals surface area contributed by atoms with E-state index in [2.05, 4.69) is 163 Å². The van der Waals surface area contributed by atoms with Gasteiger partial charge in [-0.25, -0.2) is 0 Å². The summed E-state index contributed by atoms with van der Waals surface area (Å²) in [5, 5.41) is 5.27. The van der Waals surface area contributed by atoms with Gasteiger partial charge in [-0.15, -0.1) is 0 Å². The Kier molecular flexibility index (Phi) is 7.37. The lowest BCUT2D eigenvalue weighted by Crippen LogP contribution is -2.11. The van der Waals surface area contributed by atoms with Crippen LogP contribution in [0.1, 0.15) is 43.6 Å². The molecule has 7 aromatic carbocycles. The van der Waals surface area contributed by atoms with Crippen molar-refractivity contribution in [2.75, 3.05) is 4.90 Å². The zero-order chi connectivity index (χ0) is 30.0. The Labute approximate surface area is 266 Å².